The molecule has 0 spiro atoms. The molecule has 2 N–H and O–H groups in total. The lowest BCUT2D eigenvalue weighted by Crippen LogP contribution is -2.08. The van der Waals surface area contributed by atoms with Gasteiger partial charge in [0.1, 0.15) is 12.0 Å². The molecular weight excluding hydrogens is 248 g/mol. The Morgan fingerprint density at radius 3 is 2.78 bits per heavy atom. The Morgan fingerprint density at radius 2 is 2.22 bits per heavy atom. The molecule has 0 aliphatic rings. The van der Waals surface area contributed by atoms with Crippen molar-refractivity contribution in [1.29, 1.82) is 0 Å². The fourth-order valence-corrected chi connectivity index (χ4v) is 2.73. The Labute approximate surface area is 111 Å². The minimum Gasteiger partial charge on any atom is -0.496 e. The smallest absolute Gasteiger partial charge is 0.260 e. The van der Waals surface area contributed by atoms with E-state index in [1.165, 1.54) is 11.8 Å². The fraction of sp³-hybridized carbons (Fsp3) is 0.308. The predicted molar refractivity (Wildman–Crippen MR) is 71.0 cm³/mol. The molecule has 1 heterocycles. The van der Waals surface area contributed by atoms with Gasteiger partial charge in [-0.25, -0.2) is 4.98 Å². The number of oxazole rings is 1. The van der Waals surface area contributed by atoms with Crippen molar-refractivity contribution < 1.29 is 9.15 Å². The Morgan fingerprint density at radius 1 is 1.44 bits per heavy atom. The molecule has 5 heteroatoms. The van der Waals surface area contributed by atoms with Crippen molar-refractivity contribution in [2.75, 3.05) is 7.11 Å². The Hall–Kier alpha value is -1.46. The molecule has 1 aromatic carbocycles. The van der Waals surface area contributed by atoms with E-state index in [1.807, 2.05) is 32.0 Å². The second-order valence-corrected chi connectivity index (χ2v) is 5.01. The molecule has 2 rings (SSSR count). The number of ether oxygens (including phenoxy) is 1. The first-order valence-corrected chi connectivity index (χ1v) is 6.46. The van der Waals surface area contributed by atoms with Gasteiger partial charge < -0.3 is 14.9 Å². The van der Waals surface area contributed by atoms with Gasteiger partial charge in [0.25, 0.3) is 5.22 Å². The van der Waals surface area contributed by atoms with Crippen LogP contribution < -0.4 is 10.5 Å². The van der Waals surface area contributed by atoms with E-state index >= 15 is 0 Å². The first kappa shape index (κ1) is 13.0. The van der Waals surface area contributed by atoms with Gasteiger partial charge in [-0.15, -0.1) is 0 Å². The summed E-state index contributed by atoms with van der Waals surface area (Å²) in [4.78, 5) is 5.28. The zero-order chi connectivity index (χ0) is 13.1. The van der Waals surface area contributed by atoms with Gasteiger partial charge in [-0.2, -0.15) is 0 Å². The maximum absolute atomic E-state index is 6.01. The number of benzene rings is 1. The van der Waals surface area contributed by atoms with Crippen LogP contribution >= 0.6 is 11.8 Å². The number of hydrogen-bond acceptors (Lipinski definition) is 5. The first-order chi connectivity index (χ1) is 8.61. The minimum atomic E-state index is -0.111. The first-order valence-electron chi connectivity index (χ1n) is 5.64. The SMILES string of the molecule is COc1cccc(Sc2nc(C)co2)c1C(C)N. The molecule has 1 unspecified atom stereocenters. The van der Waals surface area contributed by atoms with E-state index in [1.54, 1.807) is 13.4 Å². The van der Waals surface area contributed by atoms with Gasteiger partial charge in [0.2, 0.25) is 0 Å². The third kappa shape index (κ3) is 2.68. The number of aryl methyl sites for hydroxylation is 1. The third-order valence-corrected chi connectivity index (χ3v) is 3.43. The molecule has 18 heavy (non-hydrogen) atoms. The lowest BCUT2D eigenvalue weighted by Gasteiger charge is -2.15. The van der Waals surface area contributed by atoms with E-state index in [4.69, 9.17) is 14.9 Å². The molecular formula is C13H16N2O2S. The highest BCUT2D eigenvalue weighted by molar-refractivity contribution is 7.99. The van der Waals surface area contributed by atoms with E-state index in [0.29, 0.717) is 5.22 Å². The van der Waals surface area contributed by atoms with Crippen molar-refractivity contribution in [2.24, 2.45) is 5.73 Å². The van der Waals surface area contributed by atoms with Crippen molar-refractivity contribution in [1.82, 2.24) is 4.98 Å². The summed E-state index contributed by atoms with van der Waals surface area (Å²) in [7, 11) is 1.64. The van der Waals surface area contributed by atoms with Crippen molar-refractivity contribution in [3.63, 3.8) is 0 Å². The molecule has 0 bridgehead atoms. The Kier molecular flexibility index (Phi) is 3.93. The number of methoxy groups -OCH3 is 1. The highest BCUT2D eigenvalue weighted by Crippen LogP contribution is 2.37. The molecule has 0 saturated carbocycles. The topological polar surface area (TPSA) is 61.3 Å². The molecule has 1 atom stereocenters. The summed E-state index contributed by atoms with van der Waals surface area (Å²) in [5.41, 5.74) is 7.84. The molecule has 0 aliphatic carbocycles. The van der Waals surface area contributed by atoms with Crippen LogP contribution in [0.25, 0.3) is 0 Å². The van der Waals surface area contributed by atoms with E-state index in [0.717, 1.165) is 21.9 Å². The molecule has 96 valence electrons. The maximum atomic E-state index is 6.01. The highest BCUT2D eigenvalue weighted by atomic mass is 32.2. The number of nitrogens with two attached hydrogens (primary N) is 1. The van der Waals surface area contributed by atoms with Gasteiger partial charge in [-0.05, 0) is 37.7 Å². The van der Waals surface area contributed by atoms with E-state index in [9.17, 15) is 0 Å². The summed E-state index contributed by atoms with van der Waals surface area (Å²) in [6.07, 6.45) is 1.63. The molecule has 2 aromatic rings. The molecule has 1 aromatic heterocycles. The van der Waals surface area contributed by atoms with Crippen molar-refractivity contribution in [3.05, 3.63) is 35.7 Å². The lowest BCUT2D eigenvalue weighted by molar-refractivity contribution is 0.405. The van der Waals surface area contributed by atoms with E-state index in [2.05, 4.69) is 4.98 Å². The van der Waals surface area contributed by atoms with Gasteiger partial charge in [-0.1, -0.05) is 6.07 Å². The maximum Gasteiger partial charge on any atom is 0.260 e. The summed E-state index contributed by atoms with van der Waals surface area (Å²) >= 11 is 1.46. The van der Waals surface area contributed by atoms with Crippen LogP contribution in [0, 0.1) is 6.92 Å². The lowest BCUT2D eigenvalue weighted by atomic mass is 10.1. The van der Waals surface area contributed by atoms with Crippen LogP contribution in [0.3, 0.4) is 0 Å². The van der Waals surface area contributed by atoms with Crippen LogP contribution in [0.1, 0.15) is 24.2 Å². The van der Waals surface area contributed by atoms with Crippen LogP contribution in [0.15, 0.2) is 39.0 Å². The standard InChI is InChI=1S/C13H16N2O2S/c1-8-7-17-13(15-8)18-11-6-4-5-10(16-3)12(11)9(2)14/h4-7,9H,14H2,1-3H3. The zero-order valence-electron chi connectivity index (χ0n) is 10.6. The number of aromatic nitrogens is 1. The number of nitrogens with zero attached hydrogens (tertiary/aromatic N) is 1. The second-order valence-electron chi connectivity index (χ2n) is 4.02. The second kappa shape index (κ2) is 5.46. The van der Waals surface area contributed by atoms with Crippen LogP contribution in [-0.2, 0) is 0 Å². The van der Waals surface area contributed by atoms with Crippen LogP contribution in [0.4, 0.5) is 0 Å². The van der Waals surface area contributed by atoms with Crippen molar-refractivity contribution in [2.45, 2.75) is 30.0 Å². The summed E-state index contributed by atoms with van der Waals surface area (Å²) < 4.78 is 10.7. The average Bonchev–Trinajstić information content (AvgIpc) is 2.74. The monoisotopic (exact) mass is 264 g/mol. The van der Waals surface area contributed by atoms with Crippen LogP contribution in [0.5, 0.6) is 5.75 Å². The molecule has 0 radical (unpaired) electrons. The Balaban J connectivity index is 2.37. The zero-order valence-corrected chi connectivity index (χ0v) is 11.5. The third-order valence-electron chi connectivity index (χ3n) is 2.50. The highest BCUT2D eigenvalue weighted by Gasteiger charge is 2.15. The summed E-state index contributed by atoms with van der Waals surface area (Å²) in [5.74, 6) is 0.790. The number of hydrogen-bond donors (Lipinski definition) is 1. The normalized spacial score (nSPS) is 12.4. The van der Waals surface area contributed by atoms with Gasteiger partial charge in [0, 0.05) is 16.5 Å². The van der Waals surface area contributed by atoms with Crippen molar-refractivity contribution >= 4 is 11.8 Å². The molecule has 0 aliphatic heterocycles. The average molecular weight is 264 g/mol. The van der Waals surface area contributed by atoms with Gasteiger partial charge in [0.15, 0.2) is 0 Å². The van der Waals surface area contributed by atoms with Crippen LogP contribution in [-0.4, -0.2) is 12.1 Å². The largest absolute Gasteiger partial charge is 0.496 e. The number of rotatable bonds is 4. The summed E-state index contributed by atoms with van der Waals surface area (Å²) in [5, 5.41) is 0.614. The van der Waals surface area contributed by atoms with Gasteiger partial charge >= 0.3 is 0 Å². The minimum absolute atomic E-state index is 0.111. The summed E-state index contributed by atoms with van der Waals surface area (Å²) in [6.45, 7) is 3.83. The molecule has 0 saturated heterocycles. The van der Waals surface area contributed by atoms with E-state index < -0.39 is 0 Å². The predicted octanol–water partition coefficient (Wildman–Crippen LogP) is 3.16. The fourth-order valence-electron chi connectivity index (χ4n) is 1.71. The van der Waals surface area contributed by atoms with E-state index in [-0.39, 0.29) is 6.04 Å². The molecule has 0 amide bonds. The summed E-state index contributed by atoms with van der Waals surface area (Å²) in [6, 6.07) is 5.72. The molecule has 0 fully saturated rings. The van der Waals surface area contributed by atoms with Gasteiger partial charge in [0.05, 0.1) is 12.8 Å². The van der Waals surface area contributed by atoms with Crippen molar-refractivity contribution in [3.8, 4) is 5.75 Å². The Bertz CT molecular complexity index is 538. The molecule has 4 nitrogen and oxygen atoms in total. The van der Waals surface area contributed by atoms with Crippen LogP contribution in [0.2, 0.25) is 0 Å². The quantitative estimate of drug-likeness (QED) is 0.919. The van der Waals surface area contributed by atoms with Gasteiger partial charge in [-0.3, -0.25) is 0 Å².